The molecular weight excluding hydrogens is 1410 g/mol. The Hall–Kier alpha value is -5.27. The molecule has 1 aliphatic heterocycles. The van der Waals surface area contributed by atoms with Gasteiger partial charge in [0.15, 0.2) is 6.29 Å². The predicted octanol–water partition coefficient (Wildman–Crippen LogP) is 10.7. The second-order valence-corrected chi connectivity index (χ2v) is 20.7. The molecule has 9 aromatic rings. The van der Waals surface area contributed by atoms with Crippen molar-refractivity contribution >= 4 is 75.1 Å². The second kappa shape index (κ2) is 51.8. The number of alkyl halides is 1. The largest absolute Gasteiger partial charge is 1.00 e. The number of phenolic OH excluding ortho intramolecular Hbond substituents is 1. The zero-order chi connectivity index (χ0) is 64.7. The van der Waals surface area contributed by atoms with Gasteiger partial charge in [-0.15, -0.1) is 0 Å². The third kappa shape index (κ3) is 30.9. The van der Waals surface area contributed by atoms with Crippen LogP contribution < -0.4 is 118 Å². The summed E-state index contributed by atoms with van der Waals surface area (Å²) < 4.78 is 36.8. The molecule has 3 aromatic heterocycles. The van der Waals surface area contributed by atoms with Crippen molar-refractivity contribution < 1.29 is 172 Å². The van der Waals surface area contributed by atoms with E-state index in [0.29, 0.717) is 54.5 Å². The van der Waals surface area contributed by atoms with Crippen molar-refractivity contribution in [2.75, 3.05) is 27.9 Å². The topological polar surface area (TPSA) is 250 Å². The van der Waals surface area contributed by atoms with Crippen molar-refractivity contribution in [3.63, 3.8) is 0 Å². The summed E-state index contributed by atoms with van der Waals surface area (Å²) >= 11 is 21.4. The van der Waals surface area contributed by atoms with Gasteiger partial charge in [0.2, 0.25) is 12.2 Å². The SMILES string of the molecule is C.C.C.C.C.CCn1ccc(-c2cc(Cl)ccc2O)n1.CCn1ccc(-c2cc(Cl)ccc2OC(C(=O)O)c2ccccc2)n1.CCn1ccc(-c2cc(Cl)ccc2OC(C(=O)OC)c2ccccc2)n1.COC(=O)C(Br)c1ccccc1.COC1CCCO1.O=CO[O-].[H-].[K+].[K+]. The minimum Gasteiger partial charge on any atom is -1.00 e. The van der Waals surface area contributed by atoms with Crippen molar-refractivity contribution in [3.8, 4) is 51.0 Å². The second-order valence-electron chi connectivity index (χ2n) is 18.5. The number of aromatic nitrogens is 6. The van der Waals surface area contributed by atoms with Crippen LogP contribution in [0.15, 0.2) is 182 Å². The number of aryl methyl sites for hydroxylation is 3. The molecule has 0 radical (unpaired) electrons. The average molecular weight is 1500 g/mol. The maximum atomic E-state index is 12.3. The zero-order valence-electron chi connectivity index (χ0n) is 52.4. The number of carbonyl (C=O) groups is 4. The van der Waals surface area contributed by atoms with E-state index in [1.54, 1.807) is 95.3 Å². The van der Waals surface area contributed by atoms with E-state index < -0.39 is 24.1 Å². The van der Waals surface area contributed by atoms with Crippen LogP contribution in [0, 0.1) is 0 Å². The van der Waals surface area contributed by atoms with Crippen LogP contribution in [0.5, 0.6) is 17.2 Å². The van der Waals surface area contributed by atoms with Gasteiger partial charge in [0.05, 0.1) is 31.3 Å². The molecule has 0 spiro atoms. The van der Waals surface area contributed by atoms with E-state index in [-0.39, 0.29) is 171 Å². The summed E-state index contributed by atoms with van der Waals surface area (Å²) in [6, 6.07) is 48.3. The van der Waals surface area contributed by atoms with Crippen LogP contribution in [0.2, 0.25) is 15.1 Å². The number of carbonyl (C=O) groups excluding carboxylic acids is 3. The molecule has 0 saturated carbocycles. The summed E-state index contributed by atoms with van der Waals surface area (Å²) in [5.74, 6) is -0.693. The van der Waals surface area contributed by atoms with Crippen LogP contribution in [-0.4, -0.2) is 98.2 Å². The molecular formula is C70H88BrCl3K2N6O14. The van der Waals surface area contributed by atoms with Gasteiger partial charge in [-0.25, -0.2) is 9.59 Å². The molecule has 0 bridgehead atoms. The number of benzene rings is 6. The molecule has 1 aliphatic rings. The summed E-state index contributed by atoms with van der Waals surface area (Å²) in [6.07, 6.45) is 5.93. The fourth-order valence-corrected chi connectivity index (χ4v) is 9.10. The number of methoxy groups -OCH3 is 3. The van der Waals surface area contributed by atoms with Gasteiger partial charge in [0, 0.05) is 101 Å². The zero-order valence-corrected chi connectivity index (χ0v) is 61.5. The maximum absolute atomic E-state index is 12.3. The van der Waals surface area contributed by atoms with E-state index in [1.807, 2.05) is 129 Å². The van der Waals surface area contributed by atoms with Crippen LogP contribution in [0.3, 0.4) is 0 Å². The van der Waals surface area contributed by atoms with E-state index in [2.05, 4.69) is 40.9 Å². The van der Waals surface area contributed by atoms with Crippen LogP contribution in [0.4, 0.5) is 0 Å². The van der Waals surface area contributed by atoms with Crippen LogP contribution >= 0.6 is 50.7 Å². The Bertz CT molecular complexity index is 3620. The number of hydrogen-bond donors (Lipinski definition) is 2. The number of aliphatic carboxylic acids is 1. The third-order valence-corrected chi connectivity index (χ3v) is 14.2. The molecule has 10 rings (SSSR count). The average Bonchev–Trinajstić information content (AvgIpc) is 1.82. The number of halogens is 4. The minimum absolute atomic E-state index is 0. The van der Waals surface area contributed by atoms with Crippen molar-refractivity contribution in [2.24, 2.45) is 0 Å². The summed E-state index contributed by atoms with van der Waals surface area (Å²) in [6.45, 7) is 9.00. The van der Waals surface area contributed by atoms with Crippen molar-refractivity contribution in [1.29, 1.82) is 0 Å². The summed E-state index contributed by atoms with van der Waals surface area (Å²) in [5, 5.41) is 42.6. The summed E-state index contributed by atoms with van der Waals surface area (Å²) in [7, 11) is 4.39. The normalized spacial score (nSPS) is 12.0. The molecule has 20 nitrogen and oxygen atoms in total. The van der Waals surface area contributed by atoms with E-state index in [0.717, 1.165) is 61.6 Å². The minimum atomic E-state index is -1.12. The van der Waals surface area contributed by atoms with Gasteiger partial charge in [-0.3, -0.25) is 23.6 Å². The Morgan fingerprint density at radius 2 is 0.958 bits per heavy atom. The molecule has 2 N–H and O–H groups in total. The number of phenols is 1. The fraction of sp³-hybridized carbons (Fsp3) is 0.300. The van der Waals surface area contributed by atoms with E-state index in [1.165, 1.54) is 14.2 Å². The van der Waals surface area contributed by atoms with Gasteiger partial charge in [-0.1, -0.05) is 179 Å². The summed E-state index contributed by atoms with van der Waals surface area (Å²) in [5.41, 5.74) is 6.35. The van der Waals surface area contributed by atoms with Gasteiger partial charge >= 0.3 is 121 Å². The van der Waals surface area contributed by atoms with E-state index >= 15 is 0 Å². The van der Waals surface area contributed by atoms with Gasteiger partial charge < -0.3 is 50.2 Å². The molecule has 4 atom stereocenters. The molecule has 1 saturated heterocycles. The number of nitrogens with zero attached hydrogens (tertiary/aromatic N) is 6. The van der Waals surface area contributed by atoms with E-state index in [4.69, 9.17) is 68.5 Å². The number of ether oxygens (including phenoxy) is 6. The molecule has 4 heterocycles. The molecule has 4 unspecified atom stereocenters. The molecule has 0 amide bonds. The summed E-state index contributed by atoms with van der Waals surface area (Å²) in [4.78, 5) is 45.9. The molecule has 0 aliphatic carbocycles. The number of rotatable bonds is 18. The standard InChI is InChI=1S/C20H19ClN2O3.C19H17ClN2O3.C11H11ClN2O.C9H9BrO2.C5H10O2.CH2O3.5CH4.2K.H/c1-3-23-12-11-17(22-23)16-13-15(21)9-10-18(16)26-19(20(24)25-2)14-7-5-4-6-8-14;1-2-22-11-10-16(21-22)15-12-14(20)8-9-17(15)25-18(19(23)24)13-6-4-3-5-7-13;1-2-14-6-5-10(13-14)9-7-8(12)3-4-11(9)15;1-12-9(11)8(10)7-5-3-2-4-6-7;1-6-5-3-2-4-7-5;2-1-4-3;;;;;;;;/h4-13,19H,3H2,1-2H3;3-12,18H,2H2,1H3,(H,23,24);3-7,15H,2H2,1H3;2-6,8H,1H3;5H,2-4H2,1H3;1,3H;5*1H4;;;/q;;;;;;;;;;;2*+1;-1/p-1. The van der Waals surface area contributed by atoms with Crippen molar-refractivity contribution in [2.45, 2.75) is 114 Å². The third-order valence-electron chi connectivity index (χ3n) is 12.6. The van der Waals surface area contributed by atoms with Gasteiger partial charge in [0.25, 0.3) is 6.47 Å². The molecule has 1 fully saturated rings. The number of esters is 2. The Kier molecular flexibility index (Phi) is 51.3. The Morgan fingerprint density at radius 1 is 0.594 bits per heavy atom. The van der Waals surface area contributed by atoms with Gasteiger partial charge in [-0.05, 0) is 106 Å². The van der Waals surface area contributed by atoms with Crippen LogP contribution in [-0.2, 0) is 62.6 Å². The van der Waals surface area contributed by atoms with Gasteiger partial charge in [0.1, 0.15) is 22.1 Å². The molecule has 26 heteroatoms. The Morgan fingerprint density at radius 3 is 1.29 bits per heavy atom. The first-order valence-corrected chi connectivity index (χ1v) is 29.6. The molecule has 512 valence electrons. The number of carboxylic acid groups (broad SMARTS) is 1. The first-order chi connectivity index (χ1) is 43.0. The monoisotopic (exact) mass is 1500 g/mol. The predicted molar refractivity (Wildman–Crippen MR) is 374 cm³/mol. The first kappa shape index (κ1) is 94.9. The Balaban J connectivity index is -0.000000565. The van der Waals surface area contributed by atoms with E-state index in [9.17, 15) is 24.6 Å². The Labute approximate surface area is 675 Å². The number of aromatic hydroxyl groups is 1. The quantitative estimate of drug-likeness (QED) is 0.0202. The first-order valence-electron chi connectivity index (χ1n) is 27.6. The number of hydrogen-bond acceptors (Lipinski definition) is 16. The fourth-order valence-electron chi connectivity index (χ4n) is 8.09. The van der Waals surface area contributed by atoms with Gasteiger partial charge in [-0.2, -0.15) is 15.3 Å². The van der Waals surface area contributed by atoms with Crippen LogP contribution in [0.25, 0.3) is 33.8 Å². The van der Waals surface area contributed by atoms with Crippen molar-refractivity contribution in [3.05, 3.63) is 214 Å². The molecule has 6 aromatic carbocycles. The van der Waals surface area contributed by atoms with Crippen molar-refractivity contribution in [1.82, 2.24) is 29.3 Å². The maximum Gasteiger partial charge on any atom is 1.00 e. The molecule has 96 heavy (non-hydrogen) atoms. The van der Waals surface area contributed by atoms with Crippen LogP contribution in [0.1, 0.15) is 106 Å². The number of carboxylic acids is 1. The smallest absolute Gasteiger partial charge is 1.00 e.